The summed E-state index contributed by atoms with van der Waals surface area (Å²) in [6.07, 6.45) is 5.36. The Morgan fingerprint density at radius 1 is 1.50 bits per heavy atom. The van der Waals surface area contributed by atoms with Crippen LogP contribution in [-0.4, -0.2) is 35.2 Å². The molecule has 0 radical (unpaired) electrons. The lowest BCUT2D eigenvalue weighted by Gasteiger charge is -2.10. The zero-order valence-corrected chi connectivity index (χ0v) is 10.4. The highest BCUT2D eigenvalue weighted by Crippen LogP contribution is 2.20. The van der Waals surface area contributed by atoms with Crippen molar-refractivity contribution in [3.63, 3.8) is 0 Å². The molecule has 1 aromatic rings. The molecule has 0 spiro atoms. The van der Waals surface area contributed by atoms with Crippen LogP contribution >= 0.6 is 11.8 Å². The molecule has 2 rings (SSSR count). The smallest absolute Gasteiger partial charge is 0.266 e. The molecule has 0 bridgehead atoms. The molecule has 0 aliphatic carbocycles. The molecule has 1 aliphatic heterocycles. The molecule has 0 amide bonds. The number of hydrogen-bond acceptors (Lipinski definition) is 6. The first-order valence-electron chi connectivity index (χ1n) is 5.64. The third-order valence-corrected chi connectivity index (χ3v) is 3.41. The average molecular weight is 242 g/mol. The highest BCUT2D eigenvalue weighted by Gasteiger charge is 2.20. The molecule has 2 heterocycles. The normalized spacial score (nSPS) is 18.0. The van der Waals surface area contributed by atoms with Crippen LogP contribution in [0.5, 0.6) is 0 Å². The number of nitrogens with zero attached hydrogens (tertiary/aromatic N) is 3. The van der Waals surface area contributed by atoms with Crippen molar-refractivity contribution in [3.8, 4) is 0 Å². The van der Waals surface area contributed by atoms with Crippen LogP contribution < -0.4 is 10.6 Å². The molecule has 0 aromatic carbocycles. The topological polar surface area (TPSA) is 68.2 Å². The minimum Gasteiger partial charge on any atom is -0.338 e. The quantitative estimate of drug-likeness (QED) is 0.842. The molecule has 6 heteroatoms. The third kappa shape index (κ3) is 2.68. The van der Waals surface area contributed by atoms with Crippen LogP contribution in [0, 0.1) is 0 Å². The van der Waals surface area contributed by atoms with Gasteiger partial charge in [-0.2, -0.15) is 16.7 Å². The van der Waals surface area contributed by atoms with E-state index in [1.165, 1.54) is 12.8 Å². The van der Waals surface area contributed by atoms with E-state index in [1.54, 1.807) is 11.8 Å². The van der Waals surface area contributed by atoms with Crippen molar-refractivity contribution in [2.45, 2.75) is 25.3 Å². The zero-order chi connectivity index (χ0) is 11.4. The number of anilines is 1. The van der Waals surface area contributed by atoms with E-state index >= 15 is 0 Å². The van der Waals surface area contributed by atoms with Gasteiger partial charge in [0.05, 0.1) is 6.04 Å². The summed E-state index contributed by atoms with van der Waals surface area (Å²) in [6, 6.07) is -0.128. The van der Waals surface area contributed by atoms with Gasteiger partial charge in [0.25, 0.3) is 5.95 Å². The summed E-state index contributed by atoms with van der Waals surface area (Å²) < 4.78 is 5.20. The first kappa shape index (κ1) is 11.7. The standard InChI is InChI=1S/C10H18N4OS/c1-16-7-4-8(11)9-12-10(13-15-9)14-5-2-3-6-14/h8H,2-7,11H2,1H3/t8-/m1/s1. The van der Waals surface area contributed by atoms with Crippen molar-refractivity contribution in [1.29, 1.82) is 0 Å². The summed E-state index contributed by atoms with van der Waals surface area (Å²) in [4.78, 5) is 6.51. The predicted octanol–water partition coefficient (Wildman–Crippen LogP) is 1.42. The van der Waals surface area contributed by atoms with Crippen molar-refractivity contribution in [2.24, 2.45) is 5.73 Å². The molecular weight excluding hydrogens is 224 g/mol. The molecule has 1 atom stereocenters. The Hall–Kier alpha value is -0.750. The summed E-state index contributed by atoms with van der Waals surface area (Å²) in [6.45, 7) is 2.05. The summed E-state index contributed by atoms with van der Waals surface area (Å²) in [5, 5.41) is 3.98. The summed E-state index contributed by atoms with van der Waals surface area (Å²) in [5.41, 5.74) is 5.96. The number of nitrogens with two attached hydrogens (primary N) is 1. The van der Waals surface area contributed by atoms with Crippen LogP contribution in [0.3, 0.4) is 0 Å². The van der Waals surface area contributed by atoms with Crippen molar-refractivity contribution < 1.29 is 4.52 Å². The van der Waals surface area contributed by atoms with Crippen molar-refractivity contribution in [1.82, 2.24) is 10.1 Å². The van der Waals surface area contributed by atoms with Crippen LogP contribution in [-0.2, 0) is 0 Å². The van der Waals surface area contributed by atoms with Crippen LogP contribution in [0.4, 0.5) is 5.95 Å². The van der Waals surface area contributed by atoms with Gasteiger partial charge in [-0.15, -0.1) is 0 Å². The fourth-order valence-corrected chi connectivity index (χ4v) is 2.28. The van der Waals surface area contributed by atoms with Crippen molar-refractivity contribution in [2.75, 3.05) is 30.0 Å². The maximum absolute atomic E-state index is 5.96. The van der Waals surface area contributed by atoms with Crippen LogP contribution in [0.25, 0.3) is 0 Å². The van der Waals surface area contributed by atoms with Gasteiger partial charge in [0.2, 0.25) is 5.89 Å². The second-order valence-corrected chi connectivity index (χ2v) is 5.00. The van der Waals surface area contributed by atoms with Gasteiger partial charge >= 0.3 is 0 Å². The monoisotopic (exact) mass is 242 g/mol. The maximum atomic E-state index is 5.96. The van der Waals surface area contributed by atoms with Gasteiger partial charge in [-0.3, -0.25) is 0 Å². The van der Waals surface area contributed by atoms with Crippen molar-refractivity contribution in [3.05, 3.63) is 5.89 Å². The Morgan fingerprint density at radius 3 is 2.94 bits per heavy atom. The lowest BCUT2D eigenvalue weighted by atomic mass is 10.2. The molecule has 1 saturated heterocycles. The molecule has 16 heavy (non-hydrogen) atoms. The third-order valence-electron chi connectivity index (χ3n) is 2.77. The van der Waals surface area contributed by atoms with E-state index in [0.717, 1.165) is 25.3 Å². The molecule has 0 unspecified atom stereocenters. The Kier molecular flexibility index (Phi) is 4.06. The molecule has 2 N–H and O–H groups in total. The molecule has 1 fully saturated rings. The Balaban J connectivity index is 1.95. The summed E-state index contributed by atoms with van der Waals surface area (Å²) >= 11 is 1.78. The second-order valence-electron chi connectivity index (χ2n) is 4.01. The Labute approximate surface area is 99.8 Å². The Bertz CT molecular complexity index is 324. The first-order valence-corrected chi connectivity index (χ1v) is 7.03. The van der Waals surface area contributed by atoms with E-state index < -0.39 is 0 Å². The van der Waals surface area contributed by atoms with Gasteiger partial charge in [0, 0.05) is 13.1 Å². The minimum atomic E-state index is -0.128. The molecular formula is C10H18N4OS. The number of hydrogen-bond donors (Lipinski definition) is 1. The lowest BCUT2D eigenvalue weighted by molar-refractivity contribution is 0.352. The fraction of sp³-hybridized carbons (Fsp3) is 0.800. The van der Waals surface area contributed by atoms with Gasteiger partial charge < -0.3 is 15.2 Å². The van der Waals surface area contributed by atoms with Crippen LogP contribution in [0.15, 0.2) is 4.52 Å². The maximum Gasteiger partial charge on any atom is 0.266 e. The van der Waals surface area contributed by atoms with E-state index in [1.807, 2.05) is 0 Å². The van der Waals surface area contributed by atoms with Crippen LogP contribution in [0.1, 0.15) is 31.2 Å². The van der Waals surface area contributed by atoms with Gasteiger partial charge in [0.1, 0.15) is 0 Å². The van der Waals surface area contributed by atoms with Gasteiger partial charge in [0.15, 0.2) is 0 Å². The number of aromatic nitrogens is 2. The lowest BCUT2D eigenvalue weighted by Crippen LogP contribution is -2.19. The first-order chi connectivity index (χ1) is 7.81. The molecule has 0 saturated carbocycles. The highest BCUT2D eigenvalue weighted by molar-refractivity contribution is 7.98. The van der Waals surface area contributed by atoms with E-state index in [4.69, 9.17) is 10.3 Å². The largest absolute Gasteiger partial charge is 0.338 e. The second kappa shape index (κ2) is 5.54. The van der Waals surface area contributed by atoms with Crippen molar-refractivity contribution >= 4 is 17.7 Å². The molecule has 5 nitrogen and oxygen atoms in total. The van der Waals surface area contributed by atoms with E-state index in [0.29, 0.717) is 11.8 Å². The molecule has 90 valence electrons. The van der Waals surface area contributed by atoms with Gasteiger partial charge in [-0.05, 0) is 36.4 Å². The summed E-state index contributed by atoms with van der Waals surface area (Å²) in [5.74, 6) is 2.28. The van der Waals surface area contributed by atoms with E-state index in [2.05, 4.69) is 21.3 Å². The predicted molar refractivity (Wildman–Crippen MR) is 65.7 cm³/mol. The summed E-state index contributed by atoms with van der Waals surface area (Å²) in [7, 11) is 0. The van der Waals surface area contributed by atoms with Crippen LogP contribution in [0.2, 0.25) is 0 Å². The fourth-order valence-electron chi connectivity index (χ4n) is 1.79. The molecule has 1 aliphatic rings. The van der Waals surface area contributed by atoms with E-state index in [9.17, 15) is 0 Å². The highest BCUT2D eigenvalue weighted by atomic mass is 32.2. The van der Waals surface area contributed by atoms with Gasteiger partial charge in [-0.1, -0.05) is 0 Å². The van der Waals surface area contributed by atoms with E-state index in [-0.39, 0.29) is 6.04 Å². The molecule has 1 aromatic heterocycles. The number of rotatable bonds is 5. The SMILES string of the molecule is CSCC[C@@H](N)c1nc(N2CCCC2)no1. The van der Waals surface area contributed by atoms with Gasteiger partial charge in [-0.25, -0.2) is 0 Å². The number of thioether (sulfide) groups is 1. The zero-order valence-electron chi connectivity index (χ0n) is 9.56. The average Bonchev–Trinajstić information content (AvgIpc) is 2.94. The minimum absolute atomic E-state index is 0.128. The Morgan fingerprint density at radius 2 is 2.25 bits per heavy atom.